The van der Waals surface area contributed by atoms with Crippen LogP contribution in [0.1, 0.15) is 27.9 Å². The standard InChI is InChI=1S/C30H27NO7/c1-35-27-18-21(12-14-26(27)37-20-22-8-3-2-4-9-22)13-15-28(32)36-17-7-16-31-29(33)24-19-23-10-5-6-11-25(23)38-30(24)34/h2-6,8-15,18-19H,7,16-17,20H2,1H3,(H,31,33)/b15-13+. The Morgan fingerprint density at radius 1 is 0.947 bits per heavy atom. The third kappa shape index (κ3) is 7.10. The summed E-state index contributed by atoms with van der Waals surface area (Å²) < 4.78 is 21.6. The molecule has 3 aromatic carbocycles. The maximum Gasteiger partial charge on any atom is 0.349 e. The first kappa shape index (κ1) is 26.2. The molecule has 194 valence electrons. The second kappa shape index (κ2) is 12.9. The first-order chi connectivity index (χ1) is 18.5. The zero-order valence-electron chi connectivity index (χ0n) is 20.8. The van der Waals surface area contributed by atoms with E-state index >= 15 is 0 Å². The van der Waals surface area contributed by atoms with Crippen LogP contribution in [0.2, 0.25) is 0 Å². The number of amides is 1. The Bertz CT molecular complexity index is 1490. The summed E-state index contributed by atoms with van der Waals surface area (Å²) in [6.45, 7) is 0.740. The van der Waals surface area contributed by atoms with E-state index in [0.717, 1.165) is 11.1 Å². The maximum absolute atomic E-state index is 12.3. The molecule has 8 heteroatoms. The van der Waals surface area contributed by atoms with Gasteiger partial charge in [0.1, 0.15) is 17.8 Å². The van der Waals surface area contributed by atoms with E-state index in [-0.39, 0.29) is 18.7 Å². The van der Waals surface area contributed by atoms with Crippen molar-refractivity contribution in [1.29, 1.82) is 0 Å². The van der Waals surface area contributed by atoms with Crippen LogP contribution in [0.4, 0.5) is 0 Å². The van der Waals surface area contributed by atoms with Gasteiger partial charge in [0.05, 0.1) is 13.7 Å². The minimum atomic E-state index is -0.704. The van der Waals surface area contributed by atoms with Crippen molar-refractivity contribution >= 4 is 28.9 Å². The highest BCUT2D eigenvalue weighted by Crippen LogP contribution is 2.29. The van der Waals surface area contributed by atoms with Crippen molar-refractivity contribution in [3.05, 3.63) is 112 Å². The minimum absolute atomic E-state index is 0.0736. The predicted molar refractivity (Wildman–Crippen MR) is 143 cm³/mol. The van der Waals surface area contributed by atoms with Gasteiger partial charge in [0.2, 0.25) is 0 Å². The summed E-state index contributed by atoms with van der Waals surface area (Å²) in [7, 11) is 1.55. The Hall–Kier alpha value is -4.85. The van der Waals surface area contributed by atoms with E-state index in [0.29, 0.717) is 35.5 Å². The summed E-state index contributed by atoms with van der Waals surface area (Å²) >= 11 is 0. The van der Waals surface area contributed by atoms with E-state index in [9.17, 15) is 14.4 Å². The van der Waals surface area contributed by atoms with Crippen molar-refractivity contribution in [2.75, 3.05) is 20.3 Å². The third-order valence-electron chi connectivity index (χ3n) is 5.57. The Kier molecular flexibility index (Phi) is 8.91. The normalized spacial score (nSPS) is 10.9. The average Bonchev–Trinajstić information content (AvgIpc) is 2.95. The number of ether oxygens (including phenoxy) is 3. The fraction of sp³-hybridized carbons (Fsp3) is 0.167. The van der Waals surface area contributed by atoms with Crippen molar-refractivity contribution in [1.82, 2.24) is 5.32 Å². The van der Waals surface area contributed by atoms with Crippen LogP contribution in [-0.4, -0.2) is 32.1 Å². The molecular formula is C30H27NO7. The number of methoxy groups -OCH3 is 1. The molecule has 0 atom stereocenters. The lowest BCUT2D eigenvalue weighted by molar-refractivity contribution is -0.137. The molecule has 0 saturated carbocycles. The number of carbonyl (C=O) groups is 2. The predicted octanol–water partition coefficient (Wildman–Crippen LogP) is 4.76. The van der Waals surface area contributed by atoms with Gasteiger partial charge >= 0.3 is 11.6 Å². The fourth-order valence-electron chi connectivity index (χ4n) is 3.62. The van der Waals surface area contributed by atoms with E-state index < -0.39 is 17.5 Å². The van der Waals surface area contributed by atoms with E-state index in [1.165, 1.54) is 12.1 Å². The maximum atomic E-state index is 12.3. The summed E-state index contributed by atoms with van der Waals surface area (Å²) in [5, 5.41) is 3.30. The number of hydrogen-bond donors (Lipinski definition) is 1. The highest BCUT2D eigenvalue weighted by molar-refractivity contribution is 5.96. The van der Waals surface area contributed by atoms with Gasteiger partial charge in [-0.3, -0.25) is 4.79 Å². The number of hydrogen-bond acceptors (Lipinski definition) is 7. The van der Waals surface area contributed by atoms with Gasteiger partial charge in [0, 0.05) is 18.0 Å². The zero-order valence-corrected chi connectivity index (χ0v) is 20.8. The van der Waals surface area contributed by atoms with Crippen LogP contribution in [-0.2, 0) is 16.1 Å². The van der Waals surface area contributed by atoms with Crippen LogP contribution in [0.25, 0.3) is 17.0 Å². The number of esters is 1. The number of nitrogens with one attached hydrogen (secondary N) is 1. The van der Waals surface area contributed by atoms with Gasteiger partial charge < -0.3 is 23.9 Å². The van der Waals surface area contributed by atoms with Gasteiger partial charge in [0.15, 0.2) is 11.5 Å². The SMILES string of the molecule is COc1cc(/C=C/C(=O)OCCCNC(=O)c2cc3ccccc3oc2=O)ccc1OCc1ccccc1. The molecule has 1 aromatic heterocycles. The van der Waals surface area contributed by atoms with Crippen molar-refractivity contribution in [2.24, 2.45) is 0 Å². The summed E-state index contributed by atoms with van der Waals surface area (Å²) in [6.07, 6.45) is 3.32. The Balaban J connectivity index is 1.21. The molecule has 8 nitrogen and oxygen atoms in total. The summed E-state index contributed by atoms with van der Waals surface area (Å²) in [6, 6.07) is 23.6. The van der Waals surface area contributed by atoms with Crippen LogP contribution in [0, 0.1) is 0 Å². The van der Waals surface area contributed by atoms with Gasteiger partial charge in [-0.1, -0.05) is 54.6 Å². The van der Waals surface area contributed by atoms with Gasteiger partial charge in [-0.2, -0.15) is 0 Å². The van der Waals surface area contributed by atoms with Gasteiger partial charge in [-0.25, -0.2) is 9.59 Å². The minimum Gasteiger partial charge on any atom is -0.493 e. The van der Waals surface area contributed by atoms with Gasteiger partial charge in [0.25, 0.3) is 5.91 Å². The number of rotatable bonds is 11. The zero-order chi connectivity index (χ0) is 26.7. The second-order valence-electron chi connectivity index (χ2n) is 8.28. The van der Waals surface area contributed by atoms with Crippen LogP contribution >= 0.6 is 0 Å². The molecule has 1 heterocycles. The Morgan fingerprint density at radius 3 is 2.55 bits per heavy atom. The van der Waals surface area contributed by atoms with Crippen LogP contribution in [0.5, 0.6) is 11.5 Å². The molecule has 0 bridgehead atoms. The number of benzene rings is 3. The monoisotopic (exact) mass is 513 g/mol. The van der Waals surface area contributed by atoms with Crippen molar-refractivity contribution < 1.29 is 28.2 Å². The number of para-hydroxylation sites is 1. The molecule has 0 aliphatic rings. The molecule has 38 heavy (non-hydrogen) atoms. The smallest absolute Gasteiger partial charge is 0.349 e. The highest BCUT2D eigenvalue weighted by atomic mass is 16.5. The van der Waals surface area contributed by atoms with Crippen LogP contribution < -0.4 is 20.4 Å². The third-order valence-corrected chi connectivity index (χ3v) is 5.57. The highest BCUT2D eigenvalue weighted by Gasteiger charge is 2.13. The molecule has 0 saturated heterocycles. The summed E-state index contributed by atoms with van der Waals surface area (Å²) in [5.74, 6) is 0.0861. The lowest BCUT2D eigenvalue weighted by Gasteiger charge is -2.11. The summed E-state index contributed by atoms with van der Waals surface area (Å²) in [4.78, 5) is 36.5. The molecule has 4 rings (SSSR count). The Labute approximate surface area is 219 Å². The average molecular weight is 514 g/mol. The molecule has 0 fully saturated rings. The summed E-state index contributed by atoms with van der Waals surface area (Å²) in [5.41, 5.74) is 1.42. The molecule has 1 N–H and O–H groups in total. The quantitative estimate of drug-likeness (QED) is 0.133. The molecular weight excluding hydrogens is 486 g/mol. The molecule has 0 spiro atoms. The lowest BCUT2D eigenvalue weighted by atomic mass is 10.2. The second-order valence-corrected chi connectivity index (χ2v) is 8.28. The first-order valence-electron chi connectivity index (χ1n) is 12.0. The fourth-order valence-corrected chi connectivity index (χ4v) is 3.62. The van der Waals surface area contributed by atoms with Crippen LogP contribution in [0.15, 0.2) is 94.2 Å². The van der Waals surface area contributed by atoms with Gasteiger partial charge in [-0.05, 0) is 47.9 Å². The van der Waals surface area contributed by atoms with E-state index in [4.69, 9.17) is 18.6 Å². The van der Waals surface area contributed by atoms with E-state index in [1.54, 1.807) is 49.6 Å². The molecule has 0 unspecified atom stereocenters. The molecule has 4 aromatic rings. The molecule has 0 radical (unpaired) electrons. The number of fused-ring (bicyclic) bond motifs is 1. The molecule has 1 amide bonds. The first-order valence-corrected chi connectivity index (χ1v) is 12.0. The van der Waals surface area contributed by atoms with Gasteiger partial charge in [-0.15, -0.1) is 0 Å². The number of carbonyl (C=O) groups excluding carboxylic acids is 2. The van der Waals surface area contributed by atoms with Crippen LogP contribution in [0.3, 0.4) is 0 Å². The lowest BCUT2D eigenvalue weighted by Crippen LogP contribution is -2.29. The van der Waals surface area contributed by atoms with E-state index in [2.05, 4.69) is 5.32 Å². The van der Waals surface area contributed by atoms with Crippen molar-refractivity contribution in [2.45, 2.75) is 13.0 Å². The largest absolute Gasteiger partial charge is 0.493 e. The van der Waals surface area contributed by atoms with Crippen molar-refractivity contribution in [3.8, 4) is 11.5 Å². The van der Waals surface area contributed by atoms with Crippen molar-refractivity contribution in [3.63, 3.8) is 0 Å². The molecule has 0 aliphatic carbocycles. The molecule has 0 aliphatic heterocycles. The van der Waals surface area contributed by atoms with E-state index in [1.807, 2.05) is 36.4 Å². The topological polar surface area (TPSA) is 104 Å². The Morgan fingerprint density at radius 2 is 1.74 bits per heavy atom.